The van der Waals surface area contributed by atoms with Crippen molar-refractivity contribution in [2.75, 3.05) is 13.1 Å². The highest BCUT2D eigenvalue weighted by Crippen LogP contribution is 2.21. The van der Waals surface area contributed by atoms with Crippen molar-refractivity contribution in [3.63, 3.8) is 0 Å². The van der Waals surface area contributed by atoms with Crippen molar-refractivity contribution in [3.8, 4) is 11.4 Å². The zero-order chi connectivity index (χ0) is 18.4. The smallest absolute Gasteiger partial charge is 0.305 e. The molecule has 1 aromatic carbocycles. The van der Waals surface area contributed by atoms with E-state index in [2.05, 4.69) is 15.4 Å². The molecule has 0 bridgehead atoms. The summed E-state index contributed by atoms with van der Waals surface area (Å²) in [5.74, 6) is -0.745. The Labute approximate surface area is 146 Å². The van der Waals surface area contributed by atoms with E-state index in [1.165, 1.54) is 9.70 Å². The average molecular weight is 345 g/mol. The molecular weight excluding hydrogens is 322 g/mol. The Morgan fingerprint density at radius 3 is 2.48 bits per heavy atom. The van der Waals surface area contributed by atoms with Crippen molar-refractivity contribution in [1.29, 1.82) is 0 Å². The zero-order valence-corrected chi connectivity index (χ0v) is 14.7. The largest absolute Gasteiger partial charge is 0.481 e. The number of amides is 1. The molecule has 8 heteroatoms. The number of hydrogen-bond acceptors (Lipinski definition) is 5. The molecule has 2 rings (SSSR count). The first-order valence-corrected chi connectivity index (χ1v) is 8.29. The van der Waals surface area contributed by atoms with Crippen LogP contribution in [0.5, 0.6) is 0 Å². The molecule has 0 radical (unpaired) electrons. The van der Waals surface area contributed by atoms with Gasteiger partial charge in [-0.1, -0.05) is 44.2 Å². The summed E-state index contributed by atoms with van der Waals surface area (Å²) >= 11 is 0. The molecule has 0 aliphatic carbocycles. The van der Waals surface area contributed by atoms with Gasteiger partial charge in [0, 0.05) is 18.7 Å². The minimum absolute atomic E-state index is 0.0656. The Bertz CT molecular complexity index is 714. The first-order chi connectivity index (χ1) is 11.9. The summed E-state index contributed by atoms with van der Waals surface area (Å²) in [6, 6.07) is 8.78. The van der Waals surface area contributed by atoms with E-state index in [9.17, 15) is 9.59 Å². The predicted octanol–water partition coefficient (Wildman–Crippen LogP) is 1.86. The molecule has 0 aliphatic rings. The van der Waals surface area contributed by atoms with Gasteiger partial charge in [0.25, 0.3) is 0 Å². The summed E-state index contributed by atoms with van der Waals surface area (Å²) in [5.41, 5.74) is 0.821. The third-order valence-electron chi connectivity index (χ3n) is 3.88. The van der Waals surface area contributed by atoms with Gasteiger partial charge in [0.15, 0.2) is 6.04 Å². The second-order valence-electron chi connectivity index (χ2n) is 6.05. The Hall–Kier alpha value is -2.77. The first-order valence-electron chi connectivity index (χ1n) is 8.29. The lowest BCUT2D eigenvalue weighted by molar-refractivity contribution is -0.140. The van der Waals surface area contributed by atoms with Crippen LogP contribution in [0.15, 0.2) is 30.3 Å². The monoisotopic (exact) mass is 345 g/mol. The van der Waals surface area contributed by atoms with Crippen LogP contribution in [0.3, 0.4) is 0 Å². The minimum atomic E-state index is -0.933. The van der Waals surface area contributed by atoms with Crippen LogP contribution < -0.4 is 0 Å². The zero-order valence-electron chi connectivity index (χ0n) is 14.7. The maximum Gasteiger partial charge on any atom is 0.305 e. The molecule has 134 valence electrons. The fourth-order valence-electron chi connectivity index (χ4n) is 2.54. The summed E-state index contributed by atoms with van der Waals surface area (Å²) in [6.07, 6.45) is -0.0928. The SMILES string of the molecule is CCN(CCC(=O)O)C(=O)C(C(C)C)n1nnc(-c2ccccc2)n1. The number of aromatic nitrogens is 4. The molecule has 0 saturated carbocycles. The number of tetrazole rings is 1. The molecule has 1 heterocycles. The number of benzene rings is 1. The molecule has 1 unspecified atom stereocenters. The first kappa shape index (κ1) is 18.6. The van der Waals surface area contributed by atoms with Crippen LogP contribution in [0.4, 0.5) is 0 Å². The highest BCUT2D eigenvalue weighted by molar-refractivity contribution is 5.81. The maximum atomic E-state index is 12.9. The molecule has 1 amide bonds. The van der Waals surface area contributed by atoms with Gasteiger partial charge in [-0.15, -0.1) is 10.2 Å². The van der Waals surface area contributed by atoms with E-state index in [0.29, 0.717) is 12.4 Å². The highest BCUT2D eigenvalue weighted by Gasteiger charge is 2.30. The van der Waals surface area contributed by atoms with Crippen LogP contribution in [-0.4, -0.2) is 55.2 Å². The second-order valence-corrected chi connectivity index (χ2v) is 6.05. The van der Waals surface area contributed by atoms with Gasteiger partial charge in [0.1, 0.15) is 0 Å². The highest BCUT2D eigenvalue weighted by atomic mass is 16.4. The van der Waals surface area contributed by atoms with Crippen LogP contribution >= 0.6 is 0 Å². The summed E-state index contributed by atoms with van der Waals surface area (Å²) in [6.45, 7) is 6.21. The third kappa shape index (κ3) is 4.62. The van der Waals surface area contributed by atoms with Crippen molar-refractivity contribution >= 4 is 11.9 Å². The van der Waals surface area contributed by atoms with Crippen molar-refractivity contribution in [1.82, 2.24) is 25.1 Å². The van der Waals surface area contributed by atoms with E-state index in [4.69, 9.17) is 5.11 Å². The Balaban J connectivity index is 2.24. The summed E-state index contributed by atoms with van der Waals surface area (Å²) in [4.78, 5) is 26.5. The number of hydrogen-bond donors (Lipinski definition) is 1. The van der Waals surface area contributed by atoms with Crippen LogP contribution in [0, 0.1) is 5.92 Å². The van der Waals surface area contributed by atoms with E-state index in [0.717, 1.165) is 5.56 Å². The van der Waals surface area contributed by atoms with Gasteiger partial charge >= 0.3 is 5.97 Å². The number of aliphatic carboxylic acids is 1. The van der Waals surface area contributed by atoms with E-state index in [1.807, 2.05) is 51.1 Å². The van der Waals surface area contributed by atoms with Gasteiger partial charge in [-0.05, 0) is 18.1 Å². The fourth-order valence-corrected chi connectivity index (χ4v) is 2.54. The van der Waals surface area contributed by atoms with Crippen molar-refractivity contribution in [3.05, 3.63) is 30.3 Å². The maximum absolute atomic E-state index is 12.9. The van der Waals surface area contributed by atoms with Gasteiger partial charge in [0.05, 0.1) is 6.42 Å². The number of likely N-dealkylation sites (N-methyl/N-ethyl adjacent to an activating group) is 1. The Kier molecular flexibility index (Phi) is 6.21. The second kappa shape index (κ2) is 8.36. The summed E-state index contributed by atoms with van der Waals surface area (Å²) in [5, 5.41) is 21.3. The Morgan fingerprint density at radius 1 is 1.24 bits per heavy atom. The third-order valence-corrected chi connectivity index (χ3v) is 3.88. The summed E-state index contributed by atoms with van der Waals surface area (Å²) < 4.78 is 0. The van der Waals surface area contributed by atoms with E-state index >= 15 is 0 Å². The lowest BCUT2D eigenvalue weighted by Gasteiger charge is -2.27. The lowest BCUT2D eigenvalue weighted by Crippen LogP contribution is -2.41. The number of carbonyl (C=O) groups is 2. The molecule has 1 aromatic heterocycles. The van der Waals surface area contributed by atoms with Gasteiger partial charge in [-0.3, -0.25) is 9.59 Å². The molecular formula is C17H23N5O3. The number of carboxylic acid groups (broad SMARTS) is 1. The molecule has 25 heavy (non-hydrogen) atoms. The molecule has 0 aliphatic heterocycles. The average Bonchev–Trinajstić information content (AvgIpc) is 3.05. The molecule has 8 nitrogen and oxygen atoms in total. The molecule has 2 aromatic rings. The summed E-state index contributed by atoms with van der Waals surface area (Å²) in [7, 11) is 0. The predicted molar refractivity (Wildman–Crippen MR) is 91.6 cm³/mol. The number of nitrogens with zero attached hydrogens (tertiary/aromatic N) is 5. The van der Waals surface area contributed by atoms with Gasteiger partial charge in [0.2, 0.25) is 11.7 Å². The molecule has 0 saturated heterocycles. The van der Waals surface area contributed by atoms with E-state index in [-0.39, 0.29) is 24.8 Å². The lowest BCUT2D eigenvalue weighted by atomic mass is 10.0. The molecule has 1 atom stereocenters. The minimum Gasteiger partial charge on any atom is -0.481 e. The molecule has 0 spiro atoms. The number of rotatable bonds is 8. The quantitative estimate of drug-likeness (QED) is 0.783. The van der Waals surface area contributed by atoms with Gasteiger partial charge in [-0.2, -0.15) is 4.80 Å². The topological polar surface area (TPSA) is 101 Å². The Morgan fingerprint density at radius 2 is 1.92 bits per heavy atom. The van der Waals surface area contributed by atoms with Crippen molar-refractivity contribution in [2.45, 2.75) is 33.2 Å². The van der Waals surface area contributed by atoms with Crippen molar-refractivity contribution in [2.24, 2.45) is 5.92 Å². The van der Waals surface area contributed by atoms with Gasteiger partial charge in [-0.25, -0.2) is 0 Å². The molecule has 0 fully saturated rings. The van der Waals surface area contributed by atoms with Crippen LogP contribution in [0.2, 0.25) is 0 Å². The standard InChI is InChI=1S/C17H23N5O3/c1-4-21(11-10-14(23)24)17(25)15(12(2)3)22-19-16(18-20-22)13-8-6-5-7-9-13/h5-9,12,15H,4,10-11H2,1-3H3,(H,23,24). The van der Waals surface area contributed by atoms with Crippen molar-refractivity contribution < 1.29 is 14.7 Å². The number of carbonyl (C=O) groups excluding carboxylic acids is 1. The number of carboxylic acids is 1. The van der Waals surface area contributed by atoms with Gasteiger partial charge < -0.3 is 10.0 Å². The fraction of sp³-hybridized carbons (Fsp3) is 0.471. The van der Waals surface area contributed by atoms with Crippen LogP contribution in [-0.2, 0) is 9.59 Å². The normalized spacial score (nSPS) is 12.2. The molecule has 1 N–H and O–H groups in total. The van der Waals surface area contributed by atoms with E-state index < -0.39 is 12.0 Å². The van der Waals surface area contributed by atoms with Crippen LogP contribution in [0.25, 0.3) is 11.4 Å². The van der Waals surface area contributed by atoms with Crippen LogP contribution in [0.1, 0.15) is 33.2 Å². The van der Waals surface area contributed by atoms with E-state index in [1.54, 1.807) is 0 Å².